The number of rotatable bonds is 11. The predicted octanol–water partition coefficient (Wildman–Crippen LogP) is 5.67. The van der Waals surface area contributed by atoms with Gasteiger partial charge in [0.1, 0.15) is 4.90 Å². The van der Waals surface area contributed by atoms with Gasteiger partial charge >= 0.3 is 10.1 Å². The molecule has 0 aliphatic heterocycles. The molecule has 0 saturated heterocycles. The van der Waals surface area contributed by atoms with E-state index in [1.165, 1.54) is 18.2 Å². The average Bonchev–Trinajstić information content (AvgIpc) is 2.93. The lowest BCUT2D eigenvalue weighted by molar-refractivity contribution is -0.384. The van der Waals surface area contributed by atoms with Crippen LogP contribution in [0.3, 0.4) is 0 Å². The van der Waals surface area contributed by atoms with Gasteiger partial charge in [-0.25, -0.2) is 0 Å². The zero-order valence-corrected chi connectivity index (χ0v) is 23.7. The van der Waals surface area contributed by atoms with Crippen LogP contribution in [0.1, 0.15) is 23.1 Å². The first-order chi connectivity index (χ1) is 19.8. The van der Waals surface area contributed by atoms with Gasteiger partial charge in [0.2, 0.25) is 0 Å². The van der Waals surface area contributed by atoms with Crippen LogP contribution in [0.2, 0.25) is 0 Å². The molecule has 1 N–H and O–H groups in total. The van der Waals surface area contributed by atoms with Gasteiger partial charge in [-0.15, -0.1) is 0 Å². The monoisotopic (exact) mass is 612 g/mol. The Balaban J connectivity index is 1.88. The molecule has 0 aliphatic carbocycles. The first-order valence-corrected chi connectivity index (χ1v) is 15.2. The molecule has 0 aliphatic rings. The Morgan fingerprint density at radius 3 is 2.07 bits per heavy atom. The van der Waals surface area contributed by atoms with Crippen molar-refractivity contribution < 1.29 is 35.4 Å². The third-order valence-corrected chi connectivity index (χ3v) is 8.58. The highest BCUT2D eigenvalue weighted by Crippen LogP contribution is 2.43. The van der Waals surface area contributed by atoms with Crippen molar-refractivity contribution in [3.8, 4) is 16.9 Å². The standard InChI is InChI=1S/C28H24N2O10S2/c1-19-10-16-26(40-42(38,39)22-13-11-21(12-14-22)29(31)32)24(18-19)28-23(9-5-8-20-6-3-2-4-7-20)27(41(35,36)37)17-15-25(28)30(33)34/h2-4,6-7,10-18H,5,8-9H2,1H3,(H,35,36,37). The molecule has 0 spiro atoms. The molecule has 12 nitrogen and oxygen atoms in total. The summed E-state index contributed by atoms with van der Waals surface area (Å²) in [5.41, 5.74) is 0.223. The van der Waals surface area contributed by atoms with E-state index in [9.17, 15) is 41.6 Å². The highest BCUT2D eigenvalue weighted by molar-refractivity contribution is 7.87. The summed E-state index contributed by atoms with van der Waals surface area (Å²) in [4.78, 5) is 20.7. The van der Waals surface area contributed by atoms with Crippen LogP contribution in [0.5, 0.6) is 5.75 Å². The maximum atomic E-state index is 13.1. The van der Waals surface area contributed by atoms with Crippen molar-refractivity contribution in [2.75, 3.05) is 0 Å². The fourth-order valence-electron chi connectivity index (χ4n) is 4.49. The number of non-ortho nitro benzene ring substituents is 1. The summed E-state index contributed by atoms with van der Waals surface area (Å²) in [6.45, 7) is 1.64. The van der Waals surface area contributed by atoms with E-state index in [0.29, 0.717) is 18.4 Å². The van der Waals surface area contributed by atoms with Gasteiger partial charge in [0, 0.05) is 23.8 Å². The SMILES string of the molecule is Cc1ccc(OS(=O)(=O)c2ccc([N+](=O)[O-])cc2)c(-c2c([N+](=O)[O-])ccc(S(=O)(=O)O)c2CCCc2ccccc2)c1. The van der Waals surface area contributed by atoms with Gasteiger partial charge in [-0.1, -0.05) is 42.0 Å². The number of hydrogen-bond donors (Lipinski definition) is 1. The minimum atomic E-state index is -4.85. The summed E-state index contributed by atoms with van der Waals surface area (Å²) in [5, 5.41) is 23.1. The van der Waals surface area contributed by atoms with Crippen LogP contribution in [-0.4, -0.2) is 31.2 Å². The predicted molar refractivity (Wildman–Crippen MR) is 152 cm³/mol. The Hall–Kier alpha value is -4.66. The molecule has 4 aromatic carbocycles. The molecule has 4 rings (SSSR count). The number of benzene rings is 4. The second kappa shape index (κ2) is 12.1. The van der Waals surface area contributed by atoms with E-state index in [-0.39, 0.29) is 34.5 Å². The van der Waals surface area contributed by atoms with E-state index >= 15 is 0 Å². The van der Waals surface area contributed by atoms with E-state index in [0.717, 1.165) is 42.0 Å². The van der Waals surface area contributed by atoms with Crippen LogP contribution in [0.4, 0.5) is 11.4 Å². The van der Waals surface area contributed by atoms with Crippen LogP contribution < -0.4 is 4.18 Å². The minimum Gasteiger partial charge on any atom is -0.378 e. The lowest BCUT2D eigenvalue weighted by Crippen LogP contribution is -2.12. The summed E-state index contributed by atoms with van der Waals surface area (Å²) < 4.78 is 66.5. The molecular formula is C28H24N2O10S2. The Bertz CT molecular complexity index is 1870. The van der Waals surface area contributed by atoms with Gasteiger partial charge < -0.3 is 4.18 Å². The summed E-state index contributed by atoms with van der Waals surface area (Å²) in [7, 11) is -9.45. The maximum Gasteiger partial charge on any atom is 0.339 e. The maximum absolute atomic E-state index is 13.1. The second-order valence-corrected chi connectivity index (χ2v) is 12.2. The third kappa shape index (κ3) is 6.79. The minimum absolute atomic E-state index is 0.0243. The van der Waals surface area contributed by atoms with Gasteiger partial charge in [-0.05, 0) is 67.6 Å². The number of nitrogens with zero attached hydrogens (tertiary/aromatic N) is 2. The molecule has 0 fully saturated rings. The van der Waals surface area contributed by atoms with Crippen LogP contribution in [-0.2, 0) is 33.1 Å². The van der Waals surface area contributed by atoms with Crippen molar-refractivity contribution in [3.05, 3.63) is 122 Å². The lowest BCUT2D eigenvalue weighted by atomic mass is 9.92. The Morgan fingerprint density at radius 1 is 0.810 bits per heavy atom. The summed E-state index contributed by atoms with van der Waals surface area (Å²) in [6.07, 6.45) is 0.799. The quantitative estimate of drug-likeness (QED) is 0.0958. The third-order valence-electron chi connectivity index (χ3n) is 6.40. The van der Waals surface area contributed by atoms with Crippen LogP contribution in [0.15, 0.2) is 94.7 Å². The Labute approximate surface area is 241 Å². The van der Waals surface area contributed by atoms with Crippen LogP contribution >= 0.6 is 0 Å². The average molecular weight is 613 g/mol. The number of aryl methyl sites for hydroxylation is 2. The zero-order valence-electron chi connectivity index (χ0n) is 22.0. The molecule has 0 aromatic heterocycles. The molecule has 218 valence electrons. The van der Waals surface area contributed by atoms with Crippen molar-refractivity contribution in [3.63, 3.8) is 0 Å². The van der Waals surface area contributed by atoms with Gasteiger partial charge in [-0.2, -0.15) is 16.8 Å². The number of nitro benzene ring substituents is 2. The Kier molecular flexibility index (Phi) is 8.70. The molecule has 0 amide bonds. The zero-order chi connectivity index (χ0) is 30.7. The summed E-state index contributed by atoms with van der Waals surface area (Å²) >= 11 is 0. The van der Waals surface area contributed by atoms with E-state index in [4.69, 9.17) is 4.18 Å². The van der Waals surface area contributed by atoms with Crippen LogP contribution in [0.25, 0.3) is 11.1 Å². The molecule has 0 saturated carbocycles. The highest BCUT2D eigenvalue weighted by Gasteiger charge is 2.30. The Morgan fingerprint density at radius 2 is 1.48 bits per heavy atom. The molecule has 0 heterocycles. The van der Waals surface area contributed by atoms with Crippen LogP contribution in [0, 0.1) is 27.2 Å². The second-order valence-electron chi connectivity index (χ2n) is 9.30. The lowest BCUT2D eigenvalue weighted by Gasteiger charge is -2.18. The molecule has 0 atom stereocenters. The molecule has 0 radical (unpaired) electrons. The molecule has 14 heteroatoms. The van der Waals surface area contributed by atoms with Gasteiger partial charge in [0.15, 0.2) is 5.75 Å². The highest BCUT2D eigenvalue weighted by atomic mass is 32.2. The van der Waals surface area contributed by atoms with Gasteiger partial charge in [-0.3, -0.25) is 24.8 Å². The summed E-state index contributed by atoms with van der Waals surface area (Å²) in [5.74, 6) is -0.348. The first kappa shape index (κ1) is 30.3. The molecule has 4 aromatic rings. The largest absolute Gasteiger partial charge is 0.378 e. The molecule has 42 heavy (non-hydrogen) atoms. The fraction of sp³-hybridized carbons (Fsp3) is 0.143. The van der Waals surface area contributed by atoms with Crippen molar-refractivity contribution in [1.29, 1.82) is 0 Å². The van der Waals surface area contributed by atoms with Gasteiger partial charge in [0.05, 0.1) is 20.3 Å². The van der Waals surface area contributed by atoms with E-state index in [1.807, 2.05) is 30.3 Å². The van der Waals surface area contributed by atoms with E-state index in [1.54, 1.807) is 6.92 Å². The molecule has 0 bridgehead atoms. The van der Waals surface area contributed by atoms with Crippen molar-refractivity contribution in [2.45, 2.75) is 36.0 Å². The smallest absolute Gasteiger partial charge is 0.339 e. The van der Waals surface area contributed by atoms with Crippen molar-refractivity contribution in [2.24, 2.45) is 0 Å². The molecule has 0 unspecified atom stereocenters. The van der Waals surface area contributed by atoms with E-state index in [2.05, 4.69) is 0 Å². The van der Waals surface area contributed by atoms with Crippen molar-refractivity contribution in [1.82, 2.24) is 0 Å². The number of hydrogen-bond acceptors (Lipinski definition) is 9. The normalized spacial score (nSPS) is 11.7. The van der Waals surface area contributed by atoms with Gasteiger partial charge in [0.25, 0.3) is 21.5 Å². The van der Waals surface area contributed by atoms with Crippen molar-refractivity contribution >= 4 is 31.6 Å². The summed E-state index contributed by atoms with van der Waals surface area (Å²) in [6, 6.07) is 19.2. The number of nitro groups is 2. The first-order valence-electron chi connectivity index (χ1n) is 12.4. The topological polar surface area (TPSA) is 184 Å². The molecular weight excluding hydrogens is 588 g/mol. The fourth-order valence-corrected chi connectivity index (χ4v) is 6.19. The van der Waals surface area contributed by atoms with E-state index < -0.39 is 45.6 Å².